The molecule has 0 aromatic carbocycles. The lowest BCUT2D eigenvalue weighted by molar-refractivity contribution is -0.153. The first-order valence-corrected chi connectivity index (χ1v) is 6.07. The number of hydrogen-bond acceptors (Lipinski definition) is 4. The lowest BCUT2D eigenvalue weighted by atomic mass is 9.69. The molecule has 1 aliphatic carbocycles. The summed E-state index contributed by atoms with van der Waals surface area (Å²) in [6.45, 7) is 0.254. The highest BCUT2D eigenvalue weighted by molar-refractivity contribution is 5.79. The predicted molar refractivity (Wildman–Crippen MR) is 60.9 cm³/mol. The Labute approximate surface area is 104 Å². The molecule has 0 aromatic rings. The molecule has 2 aliphatic rings. The van der Waals surface area contributed by atoms with Crippen LogP contribution in [0.5, 0.6) is 0 Å². The molecule has 0 bridgehead atoms. The quantitative estimate of drug-likeness (QED) is 0.518. The number of urea groups is 1. The maximum Gasteiger partial charge on any atom is 0.317 e. The molecule has 1 saturated carbocycles. The molecule has 0 radical (unpaired) electrons. The molecule has 2 atom stereocenters. The Hall–Kier alpha value is -1.34. The molecule has 0 aromatic heterocycles. The monoisotopic (exact) mass is 258 g/mol. The van der Waals surface area contributed by atoms with Gasteiger partial charge in [-0.15, -0.1) is 0 Å². The molecule has 0 spiro atoms. The summed E-state index contributed by atoms with van der Waals surface area (Å²) in [7, 11) is 0. The van der Waals surface area contributed by atoms with Gasteiger partial charge in [0.2, 0.25) is 0 Å². The van der Waals surface area contributed by atoms with Crippen LogP contribution < -0.4 is 5.32 Å². The number of likely N-dealkylation sites (tertiary alicyclic amines) is 1. The highest BCUT2D eigenvalue weighted by Gasteiger charge is 2.45. The number of aliphatic carboxylic acids is 1. The van der Waals surface area contributed by atoms with Crippen LogP contribution in [0.25, 0.3) is 0 Å². The number of aliphatic hydroxyl groups excluding tert-OH is 2. The summed E-state index contributed by atoms with van der Waals surface area (Å²) in [6.07, 6.45) is 0.172. The van der Waals surface area contributed by atoms with Crippen LogP contribution in [0.2, 0.25) is 0 Å². The SMILES string of the molecule is O=C(NCC1(C(=O)O)CCC1)N1CC(O)C(O)C1. The topological polar surface area (TPSA) is 110 Å². The van der Waals surface area contributed by atoms with E-state index in [1.165, 1.54) is 4.90 Å². The van der Waals surface area contributed by atoms with E-state index in [9.17, 15) is 19.8 Å². The van der Waals surface area contributed by atoms with Gasteiger partial charge in [0, 0.05) is 6.54 Å². The minimum atomic E-state index is -0.923. The van der Waals surface area contributed by atoms with Crippen molar-refractivity contribution in [3.05, 3.63) is 0 Å². The summed E-state index contributed by atoms with van der Waals surface area (Å²) in [4.78, 5) is 24.1. The van der Waals surface area contributed by atoms with Gasteiger partial charge in [0.1, 0.15) is 0 Å². The van der Waals surface area contributed by atoms with Crippen molar-refractivity contribution >= 4 is 12.0 Å². The number of rotatable bonds is 3. The lowest BCUT2D eigenvalue weighted by Crippen LogP contribution is -2.50. The minimum Gasteiger partial charge on any atom is -0.481 e. The number of aliphatic hydroxyl groups is 2. The van der Waals surface area contributed by atoms with Gasteiger partial charge in [-0.05, 0) is 12.8 Å². The first-order valence-electron chi connectivity index (χ1n) is 6.07. The summed E-state index contributed by atoms with van der Waals surface area (Å²) in [5.74, 6) is -0.879. The smallest absolute Gasteiger partial charge is 0.317 e. The third-order valence-electron chi connectivity index (χ3n) is 3.89. The van der Waals surface area contributed by atoms with Crippen LogP contribution in [0, 0.1) is 5.41 Å². The maximum atomic E-state index is 11.7. The van der Waals surface area contributed by atoms with Crippen LogP contribution in [0.15, 0.2) is 0 Å². The van der Waals surface area contributed by atoms with Crippen molar-refractivity contribution < 1.29 is 24.9 Å². The summed E-state index contributed by atoms with van der Waals surface area (Å²) in [6, 6.07) is -0.432. The number of amides is 2. The maximum absolute atomic E-state index is 11.7. The molecule has 18 heavy (non-hydrogen) atoms. The van der Waals surface area contributed by atoms with E-state index >= 15 is 0 Å². The molecule has 1 aliphatic heterocycles. The van der Waals surface area contributed by atoms with Crippen LogP contribution in [0.3, 0.4) is 0 Å². The molecule has 2 rings (SSSR count). The number of hydrogen-bond donors (Lipinski definition) is 4. The van der Waals surface area contributed by atoms with E-state index in [0.29, 0.717) is 12.8 Å². The van der Waals surface area contributed by atoms with E-state index in [1.54, 1.807) is 0 Å². The van der Waals surface area contributed by atoms with Crippen LogP contribution in [0.4, 0.5) is 4.79 Å². The zero-order valence-corrected chi connectivity index (χ0v) is 10.0. The predicted octanol–water partition coefficient (Wildman–Crippen LogP) is -1.01. The van der Waals surface area contributed by atoms with Gasteiger partial charge in [0.15, 0.2) is 0 Å². The molecule has 2 unspecified atom stereocenters. The number of nitrogens with one attached hydrogen (secondary N) is 1. The lowest BCUT2D eigenvalue weighted by Gasteiger charge is -2.37. The molecule has 1 heterocycles. The van der Waals surface area contributed by atoms with Crippen molar-refractivity contribution in [1.29, 1.82) is 0 Å². The van der Waals surface area contributed by atoms with Crippen molar-refractivity contribution in [3.8, 4) is 0 Å². The van der Waals surface area contributed by atoms with E-state index < -0.39 is 29.6 Å². The Bertz CT molecular complexity index is 345. The Morgan fingerprint density at radius 1 is 1.22 bits per heavy atom. The van der Waals surface area contributed by atoms with Gasteiger partial charge in [0.05, 0.1) is 30.7 Å². The van der Waals surface area contributed by atoms with Crippen molar-refractivity contribution in [2.75, 3.05) is 19.6 Å². The number of carboxylic acid groups (broad SMARTS) is 1. The molecule has 2 amide bonds. The average Bonchev–Trinajstić information content (AvgIpc) is 2.57. The van der Waals surface area contributed by atoms with Gasteiger partial charge in [-0.2, -0.15) is 0 Å². The number of carbonyl (C=O) groups is 2. The molecule has 7 heteroatoms. The number of nitrogens with zero attached hydrogens (tertiary/aromatic N) is 1. The Morgan fingerprint density at radius 2 is 1.78 bits per heavy atom. The summed E-state index contributed by atoms with van der Waals surface area (Å²) in [5.41, 5.74) is -0.827. The van der Waals surface area contributed by atoms with Gasteiger partial charge >= 0.3 is 12.0 Å². The largest absolute Gasteiger partial charge is 0.481 e. The second kappa shape index (κ2) is 4.74. The van der Waals surface area contributed by atoms with E-state index in [0.717, 1.165) is 6.42 Å². The first-order chi connectivity index (χ1) is 8.44. The van der Waals surface area contributed by atoms with Gasteiger partial charge in [-0.1, -0.05) is 6.42 Å². The van der Waals surface area contributed by atoms with Crippen molar-refractivity contribution in [2.24, 2.45) is 5.41 Å². The minimum absolute atomic E-state index is 0.0765. The van der Waals surface area contributed by atoms with Crippen LogP contribution in [-0.2, 0) is 4.79 Å². The highest BCUT2D eigenvalue weighted by Crippen LogP contribution is 2.40. The van der Waals surface area contributed by atoms with Crippen molar-refractivity contribution in [1.82, 2.24) is 10.2 Å². The molecule has 7 nitrogen and oxygen atoms in total. The van der Waals surface area contributed by atoms with Crippen molar-refractivity contribution in [2.45, 2.75) is 31.5 Å². The third kappa shape index (κ3) is 2.28. The van der Waals surface area contributed by atoms with Gasteiger partial charge in [0.25, 0.3) is 0 Å². The molecule has 2 fully saturated rings. The normalized spacial score (nSPS) is 29.8. The van der Waals surface area contributed by atoms with E-state index in [2.05, 4.69) is 5.32 Å². The fourth-order valence-electron chi connectivity index (χ4n) is 2.36. The molecule has 1 saturated heterocycles. The Balaban J connectivity index is 1.84. The Morgan fingerprint density at radius 3 is 2.17 bits per heavy atom. The zero-order valence-electron chi connectivity index (χ0n) is 10.0. The number of carbonyl (C=O) groups excluding carboxylic acids is 1. The Kier molecular flexibility index (Phi) is 3.45. The summed E-state index contributed by atoms with van der Waals surface area (Å²) in [5, 5.41) is 30.3. The van der Waals surface area contributed by atoms with Gasteiger partial charge < -0.3 is 25.5 Å². The van der Waals surface area contributed by atoms with E-state index in [1.807, 2.05) is 0 Å². The summed E-state index contributed by atoms with van der Waals surface area (Å²) >= 11 is 0. The second-order valence-electron chi connectivity index (χ2n) is 5.14. The van der Waals surface area contributed by atoms with Crippen LogP contribution in [-0.4, -0.2) is 64.1 Å². The standard InChI is InChI=1S/C11H18N2O5/c14-7-4-13(5-8(7)15)10(18)12-6-11(9(16)17)2-1-3-11/h7-8,14-15H,1-6H2,(H,12,18)(H,16,17). The molecule has 4 N–H and O–H groups in total. The van der Waals surface area contributed by atoms with Crippen molar-refractivity contribution in [3.63, 3.8) is 0 Å². The van der Waals surface area contributed by atoms with E-state index in [-0.39, 0.29) is 19.6 Å². The summed E-state index contributed by atoms with van der Waals surface area (Å²) < 4.78 is 0. The van der Waals surface area contributed by atoms with Gasteiger partial charge in [-0.3, -0.25) is 4.79 Å². The third-order valence-corrected chi connectivity index (χ3v) is 3.89. The molecule has 102 valence electrons. The first kappa shape index (κ1) is 13.1. The number of carboxylic acids is 1. The van der Waals surface area contributed by atoms with Crippen LogP contribution in [0.1, 0.15) is 19.3 Å². The second-order valence-corrected chi connectivity index (χ2v) is 5.14. The van der Waals surface area contributed by atoms with E-state index in [4.69, 9.17) is 5.11 Å². The fraction of sp³-hybridized carbons (Fsp3) is 0.818. The molecular weight excluding hydrogens is 240 g/mol. The average molecular weight is 258 g/mol. The van der Waals surface area contributed by atoms with Gasteiger partial charge in [-0.25, -0.2) is 4.79 Å². The van der Waals surface area contributed by atoms with Crippen LogP contribution >= 0.6 is 0 Å². The zero-order chi connectivity index (χ0) is 13.3. The molecular formula is C11H18N2O5. The highest BCUT2D eigenvalue weighted by atomic mass is 16.4. The number of β-amino-alcohol motifs (C(OH)–C–C–N with tert-alkyl or cyclic N) is 2. The fourth-order valence-corrected chi connectivity index (χ4v) is 2.36.